The van der Waals surface area contributed by atoms with E-state index in [1.54, 1.807) is 12.1 Å². The van der Waals surface area contributed by atoms with Gasteiger partial charge in [-0.2, -0.15) is 0 Å². The van der Waals surface area contributed by atoms with Gasteiger partial charge >= 0.3 is 6.03 Å². The van der Waals surface area contributed by atoms with Gasteiger partial charge in [-0.15, -0.1) is 0 Å². The maximum Gasteiger partial charge on any atom is 0.315 e. The van der Waals surface area contributed by atoms with Gasteiger partial charge in [-0.25, -0.2) is 4.79 Å². The summed E-state index contributed by atoms with van der Waals surface area (Å²) in [7, 11) is 0. The van der Waals surface area contributed by atoms with Crippen LogP contribution in [0.1, 0.15) is 6.42 Å². The van der Waals surface area contributed by atoms with Gasteiger partial charge in [0.25, 0.3) is 0 Å². The minimum atomic E-state index is -0.194. The molecule has 4 N–H and O–H groups in total. The second kappa shape index (κ2) is 6.84. The van der Waals surface area contributed by atoms with Gasteiger partial charge in [0, 0.05) is 6.61 Å². The van der Waals surface area contributed by atoms with Crippen LogP contribution in [0.3, 0.4) is 0 Å². The Bertz CT molecular complexity index is 419. The molecule has 1 saturated heterocycles. The lowest BCUT2D eigenvalue weighted by Gasteiger charge is -2.12. The molecule has 1 fully saturated rings. The number of carbonyl (C=O) groups is 1. The third-order valence-electron chi connectivity index (χ3n) is 2.83. The molecule has 0 saturated carbocycles. The summed E-state index contributed by atoms with van der Waals surface area (Å²) in [6.07, 6.45) is 0.866. The minimum absolute atomic E-state index is 0.116. The predicted molar refractivity (Wildman–Crippen MR) is 72.1 cm³/mol. The van der Waals surface area contributed by atoms with Crippen molar-refractivity contribution in [1.82, 2.24) is 10.6 Å². The molecule has 1 aliphatic heterocycles. The molecule has 1 heterocycles. The fourth-order valence-corrected chi connectivity index (χ4v) is 1.82. The van der Waals surface area contributed by atoms with Crippen LogP contribution in [-0.2, 0) is 4.74 Å². The van der Waals surface area contributed by atoms with E-state index in [4.69, 9.17) is 15.2 Å². The molecule has 0 radical (unpaired) electrons. The van der Waals surface area contributed by atoms with Crippen molar-refractivity contribution < 1.29 is 14.3 Å². The molecular weight excluding hydrogens is 246 g/mol. The van der Waals surface area contributed by atoms with Crippen molar-refractivity contribution in [3.05, 3.63) is 24.3 Å². The topological polar surface area (TPSA) is 85.6 Å². The summed E-state index contributed by atoms with van der Waals surface area (Å²) in [6.45, 7) is 2.10. The van der Waals surface area contributed by atoms with Crippen molar-refractivity contribution in [2.45, 2.75) is 12.5 Å². The Kier molecular flexibility index (Phi) is 4.85. The van der Waals surface area contributed by atoms with Gasteiger partial charge in [0.1, 0.15) is 12.4 Å². The molecule has 1 atom stereocenters. The number of amides is 2. The second-order valence-electron chi connectivity index (χ2n) is 4.35. The van der Waals surface area contributed by atoms with Gasteiger partial charge in [-0.05, 0) is 18.6 Å². The van der Waals surface area contributed by atoms with E-state index >= 15 is 0 Å². The molecular formula is C13H19N3O3. The zero-order valence-electron chi connectivity index (χ0n) is 10.7. The van der Waals surface area contributed by atoms with Crippen LogP contribution in [0.15, 0.2) is 24.3 Å². The van der Waals surface area contributed by atoms with Crippen LogP contribution < -0.4 is 21.1 Å². The fourth-order valence-electron chi connectivity index (χ4n) is 1.82. The summed E-state index contributed by atoms with van der Waals surface area (Å²) >= 11 is 0. The average Bonchev–Trinajstić information content (AvgIpc) is 2.89. The van der Waals surface area contributed by atoms with Crippen LogP contribution in [0.25, 0.3) is 0 Å². The summed E-state index contributed by atoms with van der Waals surface area (Å²) in [5.41, 5.74) is 6.33. The largest absolute Gasteiger partial charge is 0.490 e. The fraction of sp³-hybridized carbons (Fsp3) is 0.462. The van der Waals surface area contributed by atoms with Crippen molar-refractivity contribution in [3.63, 3.8) is 0 Å². The number of rotatable bonds is 5. The van der Waals surface area contributed by atoms with Gasteiger partial charge in [0.2, 0.25) is 0 Å². The van der Waals surface area contributed by atoms with Crippen molar-refractivity contribution in [2.75, 3.05) is 32.1 Å². The molecule has 1 aromatic carbocycles. The Morgan fingerprint density at radius 2 is 2.32 bits per heavy atom. The van der Waals surface area contributed by atoms with Crippen LogP contribution in [-0.4, -0.2) is 38.4 Å². The number of ether oxygens (including phenoxy) is 2. The Labute approximate surface area is 112 Å². The lowest BCUT2D eigenvalue weighted by molar-refractivity contribution is 0.188. The lowest BCUT2D eigenvalue weighted by atomic mass is 10.3. The highest BCUT2D eigenvalue weighted by atomic mass is 16.5. The normalized spacial score (nSPS) is 18.0. The first-order valence-corrected chi connectivity index (χ1v) is 6.35. The maximum atomic E-state index is 11.5. The summed E-state index contributed by atoms with van der Waals surface area (Å²) in [6, 6.07) is 7.19. The number of nitrogen functional groups attached to an aromatic ring is 1. The zero-order valence-corrected chi connectivity index (χ0v) is 10.7. The van der Waals surface area contributed by atoms with Crippen molar-refractivity contribution in [1.29, 1.82) is 0 Å². The molecule has 6 nitrogen and oxygen atoms in total. The molecule has 1 unspecified atom stereocenters. The van der Waals surface area contributed by atoms with E-state index in [0.29, 0.717) is 37.8 Å². The number of urea groups is 1. The highest BCUT2D eigenvalue weighted by Gasteiger charge is 2.17. The second-order valence-corrected chi connectivity index (χ2v) is 4.35. The van der Waals surface area contributed by atoms with Crippen LogP contribution in [0.2, 0.25) is 0 Å². The molecule has 0 aromatic heterocycles. The van der Waals surface area contributed by atoms with Gasteiger partial charge < -0.3 is 25.8 Å². The van der Waals surface area contributed by atoms with Gasteiger partial charge in [-0.1, -0.05) is 12.1 Å². The first-order valence-electron chi connectivity index (χ1n) is 6.35. The number of anilines is 1. The number of hydrogen-bond acceptors (Lipinski definition) is 4. The third-order valence-corrected chi connectivity index (χ3v) is 2.83. The SMILES string of the molecule is Nc1ccccc1OCCNC(=O)NC1CCOC1. The number of para-hydroxylation sites is 2. The Balaban J connectivity index is 1.61. The number of carbonyl (C=O) groups excluding carboxylic acids is 1. The summed E-state index contributed by atoms with van der Waals surface area (Å²) in [5.74, 6) is 0.633. The highest BCUT2D eigenvalue weighted by Crippen LogP contribution is 2.19. The molecule has 0 bridgehead atoms. The van der Waals surface area contributed by atoms with E-state index in [2.05, 4.69) is 10.6 Å². The standard InChI is InChI=1S/C13H19N3O3/c14-11-3-1-2-4-12(11)19-8-6-15-13(17)16-10-5-7-18-9-10/h1-4,10H,5-9,14H2,(H2,15,16,17). The van der Waals surface area contributed by atoms with E-state index in [1.807, 2.05) is 12.1 Å². The van der Waals surface area contributed by atoms with Gasteiger partial charge in [0.15, 0.2) is 0 Å². The Morgan fingerprint density at radius 3 is 3.05 bits per heavy atom. The van der Waals surface area contributed by atoms with Gasteiger partial charge in [-0.3, -0.25) is 0 Å². The number of nitrogens with two attached hydrogens (primary N) is 1. The Morgan fingerprint density at radius 1 is 1.47 bits per heavy atom. The van der Waals surface area contributed by atoms with Crippen LogP contribution in [0.5, 0.6) is 5.75 Å². The van der Waals surface area contributed by atoms with Gasteiger partial charge in [0.05, 0.1) is 24.9 Å². The maximum absolute atomic E-state index is 11.5. The summed E-state index contributed by atoms with van der Waals surface area (Å²) < 4.78 is 10.6. The van der Waals surface area contributed by atoms with Crippen LogP contribution >= 0.6 is 0 Å². The molecule has 6 heteroatoms. The predicted octanol–water partition coefficient (Wildman–Crippen LogP) is 0.736. The zero-order chi connectivity index (χ0) is 13.5. The van der Waals surface area contributed by atoms with E-state index in [0.717, 1.165) is 6.42 Å². The van der Waals surface area contributed by atoms with E-state index in [9.17, 15) is 4.79 Å². The number of benzene rings is 1. The van der Waals surface area contributed by atoms with Crippen LogP contribution in [0, 0.1) is 0 Å². The highest BCUT2D eigenvalue weighted by molar-refractivity contribution is 5.74. The average molecular weight is 265 g/mol. The first kappa shape index (κ1) is 13.5. The van der Waals surface area contributed by atoms with Crippen molar-refractivity contribution in [3.8, 4) is 5.75 Å². The Hall–Kier alpha value is -1.95. The number of hydrogen-bond donors (Lipinski definition) is 3. The number of nitrogens with one attached hydrogen (secondary N) is 2. The molecule has 1 aliphatic rings. The molecule has 1 aromatic rings. The van der Waals surface area contributed by atoms with E-state index < -0.39 is 0 Å². The quantitative estimate of drug-likeness (QED) is 0.541. The molecule has 2 rings (SSSR count). The van der Waals surface area contributed by atoms with Crippen molar-refractivity contribution >= 4 is 11.7 Å². The molecule has 19 heavy (non-hydrogen) atoms. The van der Waals surface area contributed by atoms with E-state index in [1.165, 1.54) is 0 Å². The molecule has 0 spiro atoms. The van der Waals surface area contributed by atoms with Crippen molar-refractivity contribution in [2.24, 2.45) is 0 Å². The summed E-state index contributed by atoms with van der Waals surface area (Å²) in [4.78, 5) is 11.5. The smallest absolute Gasteiger partial charge is 0.315 e. The minimum Gasteiger partial charge on any atom is -0.490 e. The van der Waals surface area contributed by atoms with E-state index in [-0.39, 0.29) is 12.1 Å². The first-order chi connectivity index (χ1) is 9.25. The molecule has 104 valence electrons. The lowest BCUT2D eigenvalue weighted by Crippen LogP contribution is -2.43. The summed E-state index contributed by atoms with van der Waals surface area (Å²) in [5, 5.41) is 5.56. The van der Waals surface area contributed by atoms with Crippen LogP contribution in [0.4, 0.5) is 10.5 Å². The molecule has 0 aliphatic carbocycles. The third kappa shape index (κ3) is 4.33. The molecule has 2 amide bonds. The monoisotopic (exact) mass is 265 g/mol.